The highest BCUT2D eigenvalue weighted by Crippen LogP contribution is 2.11. The van der Waals surface area contributed by atoms with E-state index in [1.54, 1.807) is 0 Å². The van der Waals surface area contributed by atoms with Crippen molar-refractivity contribution in [3.8, 4) is 0 Å². The first-order valence-corrected chi connectivity index (χ1v) is 5.45. The second-order valence-corrected chi connectivity index (χ2v) is 2.96. The maximum absolute atomic E-state index is 5.59. The van der Waals surface area contributed by atoms with Crippen LogP contribution < -0.4 is 5.73 Å². The second-order valence-electron chi connectivity index (χ2n) is 2.96. The number of benzene rings is 1. The Bertz CT molecular complexity index is 324. The summed E-state index contributed by atoms with van der Waals surface area (Å²) in [4.78, 5) is 0. The molecule has 1 rings (SSSR count). The van der Waals surface area contributed by atoms with E-state index < -0.39 is 0 Å². The topological polar surface area (TPSA) is 26.0 Å². The minimum Gasteiger partial charge on any atom is -0.399 e. The first-order chi connectivity index (χ1) is 7.24. The molecular weight excluding hydrogens is 182 g/mol. The molecule has 0 saturated heterocycles. The van der Waals surface area contributed by atoms with E-state index in [1.165, 1.54) is 5.56 Å². The molecular formula is C14H21N. The van der Waals surface area contributed by atoms with E-state index in [0.29, 0.717) is 5.70 Å². The Balaban J connectivity index is 0.000000921. The van der Waals surface area contributed by atoms with Crippen molar-refractivity contribution in [1.29, 1.82) is 0 Å². The second kappa shape index (κ2) is 7.86. The summed E-state index contributed by atoms with van der Waals surface area (Å²) in [5, 5.41) is 0. The van der Waals surface area contributed by atoms with Crippen molar-refractivity contribution in [2.24, 2.45) is 5.73 Å². The van der Waals surface area contributed by atoms with Gasteiger partial charge in [0.2, 0.25) is 0 Å². The van der Waals surface area contributed by atoms with Crippen LogP contribution in [0.25, 0.3) is 11.8 Å². The lowest BCUT2D eigenvalue weighted by atomic mass is 10.1. The molecule has 0 aliphatic heterocycles. The standard InChI is InChI=1S/C12H15N.C2H6/c1-3-4-6-11-7-5-8-12(9-11)10(2)13;1-2/h4-9H,2-3,13H2,1H3;1-2H3/b6-4+;. The largest absolute Gasteiger partial charge is 0.399 e. The van der Waals surface area contributed by atoms with Gasteiger partial charge in [-0.1, -0.05) is 57.7 Å². The van der Waals surface area contributed by atoms with E-state index in [4.69, 9.17) is 5.73 Å². The Morgan fingerprint density at radius 3 is 2.60 bits per heavy atom. The van der Waals surface area contributed by atoms with Gasteiger partial charge in [-0.3, -0.25) is 0 Å². The van der Waals surface area contributed by atoms with E-state index in [0.717, 1.165) is 12.0 Å². The quantitative estimate of drug-likeness (QED) is 0.787. The van der Waals surface area contributed by atoms with Crippen LogP contribution in [-0.2, 0) is 0 Å². The smallest absolute Gasteiger partial charge is 0.0314 e. The summed E-state index contributed by atoms with van der Waals surface area (Å²) in [6, 6.07) is 8.04. The fraction of sp³-hybridized carbons (Fsp3) is 0.286. The molecule has 0 atom stereocenters. The number of hydrogen-bond acceptors (Lipinski definition) is 1. The molecule has 0 aromatic heterocycles. The van der Waals surface area contributed by atoms with Gasteiger partial charge in [-0.15, -0.1) is 0 Å². The summed E-state index contributed by atoms with van der Waals surface area (Å²) in [6.45, 7) is 9.81. The zero-order chi connectivity index (χ0) is 11.7. The van der Waals surface area contributed by atoms with Gasteiger partial charge >= 0.3 is 0 Å². The average molecular weight is 203 g/mol. The van der Waals surface area contributed by atoms with Gasteiger partial charge in [0.05, 0.1) is 0 Å². The summed E-state index contributed by atoms with van der Waals surface area (Å²) in [7, 11) is 0. The Hall–Kier alpha value is -1.50. The van der Waals surface area contributed by atoms with Crippen LogP contribution in [0.15, 0.2) is 36.9 Å². The molecule has 0 unspecified atom stereocenters. The van der Waals surface area contributed by atoms with Gasteiger partial charge in [0.1, 0.15) is 0 Å². The van der Waals surface area contributed by atoms with E-state index in [-0.39, 0.29) is 0 Å². The number of allylic oxidation sites excluding steroid dienone is 1. The van der Waals surface area contributed by atoms with Crippen LogP contribution in [0.2, 0.25) is 0 Å². The van der Waals surface area contributed by atoms with Crippen molar-refractivity contribution >= 4 is 11.8 Å². The zero-order valence-electron chi connectivity index (χ0n) is 9.96. The predicted octanol–water partition coefficient (Wildman–Crippen LogP) is 4.07. The van der Waals surface area contributed by atoms with Crippen LogP contribution >= 0.6 is 0 Å². The molecule has 82 valence electrons. The molecule has 0 bridgehead atoms. The minimum atomic E-state index is 0.617. The molecule has 2 N–H and O–H groups in total. The Kier molecular flexibility index (Phi) is 7.08. The number of nitrogens with two attached hydrogens (primary N) is 1. The highest BCUT2D eigenvalue weighted by Gasteiger charge is 1.93. The maximum atomic E-state index is 5.59. The third kappa shape index (κ3) is 5.06. The molecule has 0 spiro atoms. The van der Waals surface area contributed by atoms with Crippen LogP contribution in [0, 0.1) is 0 Å². The Labute approximate surface area is 93.3 Å². The molecule has 0 aliphatic carbocycles. The molecule has 15 heavy (non-hydrogen) atoms. The lowest BCUT2D eigenvalue weighted by Gasteiger charge is -2.00. The summed E-state index contributed by atoms with van der Waals surface area (Å²) in [6.07, 6.45) is 5.26. The Morgan fingerprint density at radius 1 is 1.40 bits per heavy atom. The van der Waals surface area contributed by atoms with Crippen molar-refractivity contribution in [3.05, 3.63) is 48.0 Å². The fourth-order valence-electron chi connectivity index (χ4n) is 1.10. The van der Waals surface area contributed by atoms with Crippen molar-refractivity contribution in [3.63, 3.8) is 0 Å². The molecule has 0 heterocycles. The van der Waals surface area contributed by atoms with Gasteiger partial charge in [-0.25, -0.2) is 0 Å². The summed E-state index contributed by atoms with van der Waals surface area (Å²) < 4.78 is 0. The lowest BCUT2D eigenvalue weighted by Crippen LogP contribution is -1.93. The summed E-state index contributed by atoms with van der Waals surface area (Å²) in [5.74, 6) is 0. The molecule has 1 aromatic carbocycles. The van der Waals surface area contributed by atoms with Crippen LogP contribution in [0.3, 0.4) is 0 Å². The monoisotopic (exact) mass is 203 g/mol. The molecule has 1 heteroatoms. The third-order valence-corrected chi connectivity index (χ3v) is 1.80. The van der Waals surface area contributed by atoms with Crippen molar-refractivity contribution in [2.75, 3.05) is 0 Å². The summed E-state index contributed by atoms with van der Waals surface area (Å²) >= 11 is 0. The van der Waals surface area contributed by atoms with Crippen molar-refractivity contribution < 1.29 is 0 Å². The van der Waals surface area contributed by atoms with Crippen molar-refractivity contribution in [2.45, 2.75) is 27.2 Å². The molecule has 0 radical (unpaired) electrons. The number of hydrogen-bond donors (Lipinski definition) is 1. The van der Waals surface area contributed by atoms with Gasteiger partial charge in [-0.2, -0.15) is 0 Å². The van der Waals surface area contributed by atoms with E-state index in [1.807, 2.05) is 32.0 Å². The third-order valence-electron chi connectivity index (χ3n) is 1.80. The highest BCUT2D eigenvalue weighted by atomic mass is 14.6. The average Bonchev–Trinajstić information content (AvgIpc) is 2.29. The van der Waals surface area contributed by atoms with E-state index in [2.05, 4.69) is 31.7 Å². The Morgan fingerprint density at radius 2 is 2.07 bits per heavy atom. The molecule has 1 nitrogen and oxygen atoms in total. The highest BCUT2D eigenvalue weighted by molar-refractivity contribution is 5.64. The lowest BCUT2D eigenvalue weighted by molar-refractivity contribution is 1.23. The SMILES string of the molecule is C=C(N)c1cccc(/C=C/CC)c1.CC. The molecule has 0 saturated carbocycles. The van der Waals surface area contributed by atoms with E-state index in [9.17, 15) is 0 Å². The zero-order valence-corrected chi connectivity index (χ0v) is 9.96. The van der Waals surface area contributed by atoms with Gasteiger partial charge in [-0.05, 0) is 23.6 Å². The summed E-state index contributed by atoms with van der Waals surface area (Å²) in [5.41, 5.74) is 8.38. The predicted molar refractivity (Wildman–Crippen MR) is 70.3 cm³/mol. The van der Waals surface area contributed by atoms with Crippen LogP contribution in [0.4, 0.5) is 0 Å². The van der Waals surface area contributed by atoms with E-state index >= 15 is 0 Å². The molecule has 0 fully saturated rings. The van der Waals surface area contributed by atoms with Gasteiger partial charge in [0.15, 0.2) is 0 Å². The molecule has 0 amide bonds. The molecule has 0 aliphatic rings. The van der Waals surface area contributed by atoms with Gasteiger partial charge in [0.25, 0.3) is 0 Å². The van der Waals surface area contributed by atoms with Crippen LogP contribution in [0.1, 0.15) is 38.3 Å². The van der Waals surface area contributed by atoms with Crippen LogP contribution in [0.5, 0.6) is 0 Å². The normalized spacial score (nSPS) is 9.53. The minimum absolute atomic E-state index is 0.617. The first-order valence-electron chi connectivity index (χ1n) is 5.45. The molecule has 1 aromatic rings. The van der Waals surface area contributed by atoms with Gasteiger partial charge in [0, 0.05) is 5.70 Å². The fourth-order valence-corrected chi connectivity index (χ4v) is 1.10. The van der Waals surface area contributed by atoms with Crippen LogP contribution in [-0.4, -0.2) is 0 Å². The maximum Gasteiger partial charge on any atom is 0.0314 e. The van der Waals surface area contributed by atoms with Gasteiger partial charge < -0.3 is 5.73 Å². The van der Waals surface area contributed by atoms with Crippen molar-refractivity contribution in [1.82, 2.24) is 0 Å². The number of rotatable bonds is 3. The first kappa shape index (κ1) is 13.5.